The lowest BCUT2D eigenvalue weighted by Crippen LogP contribution is -2.26. The molecule has 0 radical (unpaired) electrons. The zero-order valence-electron chi connectivity index (χ0n) is 11.7. The van der Waals surface area contributed by atoms with Crippen LogP contribution in [0.15, 0.2) is 29.3 Å². The number of hydrogen-bond donors (Lipinski definition) is 2. The van der Waals surface area contributed by atoms with Gasteiger partial charge in [0, 0.05) is 12.2 Å². The molecule has 0 saturated heterocycles. The molecule has 0 amide bonds. The Labute approximate surface area is 132 Å². The average Bonchev–Trinajstić information content (AvgIpc) is 2.39. The molecular formula is C13H23IN4O. The Hall–Kier alpha value is -1.02. The Morgan fingerprint density at radius 2 is 2.00 bits per heavy atom. The van der Waals surface area contributed by atoms with Crippen molar-refractivity contribution in [2.45, 2.75) is 6.92 Å². The van der Waals surface area contributed by atoms with E-state index in [-0.39, 0.29) is 24.0 Å². The van der Waals surface area contributed by atoms with Crippen LogP contribution in [-0.4, -0.2) is 44.7 Å². The predicted molar refractivity (Wildman–Crippen MR) is 91.7 cm³/mol. The molecule has 1 aromatic carbocycles. The molecule has 0 bridgehead atoms. The number of aliphatic imine (C=N–C) groups is 1. The molecule has 1 rings (SSSR count). The van der Waals surface area contributed by atoms with Gasteiger partial charge >= 0.3 is 0 Å². The largest absolute Gasteiger partial charge is 0.497 e. The molecule has 0 fully saturated rings. The van der Waals surface area contributed by atoms with Gasteiger partial charge in [-0.25, -0.2) is 0 Å². The normalized spacial score (nSPS) is 11.1. The van der Waals surface area contributed by atoms with E-state index in [0.29, 0.717) is 12.5 Å². The van der Waals surface area contributed by atoms with Crippen LogP contribution in [0.1, 0.15) is 6.92 Å². The van der Waals surface area contributed by atoms with E-state index in [0.717, 1.165) is 24.5 Å². The van der Waals surface area contributed by atoms with Crippen molar-refractivity contribution < 1.29 is 4.74 Å². The van der Waals surface area contributed by atoms with Crippen LogP contribution in [0.2, 0.25) is 0 Å². The summed E-state index contributed by atoms with van der Waals surface area (Å²) < 4.78 is 5.08. The highest BCUT2D eigenvalue weighted by molar-refractivity contribution is 14.0. The fraction of sp³-hybridized carbons (Fsp3) is 0.462. The van der Waals surface area contributed by atoms with E-state index in [1.54, 1.807) is 7.11 Å². The van der Waals surface area contributed by atoms with Crippen molar-refractivity contribution in [2.24, 2.45) is 10.7 Å². The maximum absolute atomic E-state index is 5.79. The molecule has 5 nitrogen and oxygen atoms in total. The zero-order valence-corrected chi connectivity index (χ0v) is 14.0. The van der Waals surface area contributed by atoms with Crippen LogP contribution >= 0.6 is 24.0 Å². The number of anilines is 1. The number of nitrogens with two attached hydrogens (primary N) is 1. The van der Waals surface area contributed by atoms with Gasteiger partial charge in [-0.05, 0) is 37.9 Å². The second-order valence-electron chi connectivity index (χ2n) is 4.02. The number of methoxy groups -OCH3 is 1. The smallest absolute Gasteiger partial charge is 0.193 e. The topological polar surface area (TPSA) is 62.9 Å². The first-order valence-electron chi connectivity index (χ1n) is 6.05. The van der Waals surface area contributed by atoms with Gasteiger partial charge in [0.1, 0.15) is 5.75 Å². The summed E-state index contributed by atoms with van der Waals surface area (Å²) in [7, 11) is 3.70. The minimum atomic E-state index is 0. The van der Waals surface area contributed by atoms with Gasteiger partial charge in [0.25, 0.3) is 0 Å². The lowest BCUT2D eigenvalue weighted by atomic mass is 10.3. The minimum Gasteiger partial charge on any atom is -0.497 e. The van der Waals surface area contributed by atoms with Gasteiger partial charge in [-0.2, -0.15) is 0 Å². The van der Waals surface area contributed by atoms with Crippen LogP contribution in [0.3, 0.4) is 0 Å². The number of likely N-dealkylation sites (N-methyl/N-ethyl adjacent to an activating group) is 1. The maximum atomic E-state index is 5.79. The van der Waals surface area contributed by atoms with Crippen molar-refractivity contribution in [1.82, 2.24) is 4.90 Å². The highest BCUT2D eigenvalue weighted by Gasteiger charge is 1.97. The molecule has 6 heteroatoms. The Morgan fingerprint density at radius 1 is 1.37 bits per heavy atom. The molecule has 0 aromatic heterocycles. The van der Waals surface area contributed by atoms with Gasteiger partial charge < -0.3 is 20.7 Å². The van der Waals surface area contributed by atoms with Crippen LogP contribution in [-0.2, 0) is 0 Å². The molecule has 0 saturated carbocycles. The van der Waals surface area contributed by atoms with Crippen LogP contribution in [0.4, 0.5) is 5.69 Å². The summed E-state index contributed by atoms with van der Waals surface area (Å²) in [6.07, 6.45) is 0. The highest BCUT2D eigenvalue weighted by atomic mass is 127. The van der Waals surface area contributed by atoms with Crippen molar-refractivity contribution in [2.75, 3.05) is 39.1 Å². The Balaban J connectivity index is 0.00000324. The van der Waals surface area contributed by atoms with E-state index in [2.05, 4.69) is 29.2 Å². The second kappa shape index (κ2) is 9.85. The van der Waals surface area contributed by atoms with Crippen molar-refractivity contribution in [3.05, 3.63) is 24.3 Å². The van der Waals surface area contributed by atoms with E-state index >= 15 is 0 Å². The Morgan fingerprint density at radius 3 is 2.53 bits per heavy atom. The molecular weight excluding hydrogens is 355 g/mol. The second-order valence-corrected chi connectivity index (χ2v) is 4.02. The molecule has 0 aliphatic heterocycles. The Kier molecular flexibility index (Phi) is 9.32. The number of nitrogens with one attached hydrogen (secondary N) is 1. The summed E-state index contributed by atoms with van der Waals surface area (Å²) in [4.78, 5) is 6.45. The first-order valence-corrected chi connectivity index (χ1v) is 6.05. The molecule has 0 aliphatic carbocycles. The van der Waals surface area contributed by atoms with Crippen molar-refractivity contribution >= 4 is 35.6 Å². The number of nitrogens with zero attached hydrogens (tertiary/aromatic N) is 2. The van der Waals surface area contributed by atoms with Gasteiger partial charge in [0.15, 0.2) is 5.96 Å². The number of halogens is 1. The first kappa shape index (κ1) is 18.0. The molecule has 0 aliphatic rings. The third-order valence-corrected chi connectivity index (χ3v) is 2.67. The zero-order chi connectivity index (χ0) is 13.4. The Bertz CT molecular complexity index is 381. The SMILES string of the molecule is CCN(C)CCN=C(N)Nc1ccc(OC)cc1.I. The van der Waals surface area contributed by atoms with E-state index < -0.39 is 0 Å². The third kappa shape index (κ3) is 7.22. The summed E-state index contributed by atoms with van der Waals surface area (Å²) in [6, 6.07) is 7.56. The molecule has 3 N–H and O–H groups in total. The van der Waals surface area contributed by atoms with Crippen molar-refractivity contribution in [3.63, 3.8) is 0 Å². The first-order chi connectivity index (χ1) is 8.65. The summed E-state index contributed by atoms with van der Waals surface area (Å²) >= 11 is 0. The number of hydrogen-bond acceptors (Lipinski definition) is 3. The number of rotatable bonds is 6. The van der Waals surface area contributed by atoms with Crippen LogP contribution in [0.25, 0.3) is 0 Å². The maximum Gasteiger partial charge on any atom is 0.193 e. The fourth-order valence-electron chi connectivity index (χ4n) is 1.36. The molecule has 0 unspecified atom stereocenters. The molecule has 19 heavy (non-hydrogen) atoms. The van der Waals surface area contributed by atoms with Gasteiger partial charge in [0.05, 0.1) is 13.7 Å². The van der Waals surface area contributed by atoms with Crippen LogP contribution < -0.4 is 15.8 Å². The summed E-state index contributed by atoms with van der Waals surface area (Å²) in [5.74, 6) is 1.25. The molecule has 108 valence electrons. The monoisotopic (exact) mass is 378 g/mol. The van der Waals surface area contributed by atoms with E-state index in [9.17, 15) is 0 Å². The van der Waals surface area contributed by atoms with Gasteiger partial charge in [0.2, 0.25) is 0 Å². The molecule has 0 spiro atoms. The third-order valence-electron chi connectivity index (χ3n) is 2.67. The average molecular weight is 378 g/mol. The van der Waals surface area contributed by atoms with Crippen molar-refractivity contribution in [3.8, 4) is 5.75 Å². The summed E-state index contributed by atoms with van der Waals surface area (Å²) in [5, 5.41) is 3.04. The van der Waals surface area contributed by atoms with Gasteiger partial charge in [-0.3, -0.25) is 4.99 Å². The van der Waals surface area contributed by atoms with E-state index in [1.807, 2.05) is 24.3 Å². The fourth-order valence-corrected chi connectivity index (χ4v) is 1.36. The summed E-state index contributed by atoms with van der Waals surface area (Å²) in [5.41, 5.74) is 6.70. The lowest BCUT2D eigenvalue weighted by molar-refractivity contribution is 0.363. The van der Waals surface area contributed by atoms with Crippen LogP contribution in [0.5, 0.6) is 5.75 Å². The van der Waals surface area contributed by atoms with Gasteiger partial charge in [-0.1, -0.05) is 6.92 Å². The van der Waals surface area contributed by atoms with Crippen molar-refractivity contribution in [1.29, 1.82) is 0 Å². The number of benzene rings is 1. The number of ether oxygens (including phenoxy) is 1. The molecule has 0 atom stereocenters. The summed E-state index contributed by atoms with van der Waals surface area (Å²) in [6.45, 7) is 4.73. The minimum absolute atomic E-state index is 0. The molecule has 0 heterocycles. The molecule has 1 aromatic rings. The van der Waals surface area contributed by atoms with Gasteiger partial charge in [-0.15, -0.1) is 24.0 Å². The predicted octanol–water partition coefficient (Wildman–Crippen LogP) is 1.99. The van der Waals surface area contributed by atoms with E-state index in [4.69, 9.17) is 10.5 Å². The quantitative estimate of drug-likeness (QED) is 0.452. The highest BCUT2D eigenvalue weighted by Crippen LogP contribution is 2.14. The van der Waals surface area contributed by atoms with E-state index in [1.165, 1.54) is 0 Å². The number of guanidine groups is 1. The lowest BCUT2D eigenvalue weighted by Gasteiger charge is -2.12. The van der Waals surface area contributed by atoms with Crippen LogP contribution in [0, 0.1) is 0 Å². The standard InChI is InChI=1S/C13H22N4O.HI/c1-4-17(2)10-9-15-13(14)16-11-5-7-12(18-3)8-6-11;/h5-8H,4,9-10H2,1-3H3,(H3,14,15,16);1H.